The molecule has 0 aliphatic heterocycles. The Bertz CT molecular complexity index is 2090. The van der Waals surface area contributed by atoms with Crippen LogP contribution in [0, 0.1) is 13.8 Å². The van der Waals surface area contributed by atoms with Crippen LogP contribution in [0.3, 0.4) is 0 Å². The first-order valence-corrected chi connectivity index (χ1v) is 21.2. The van der Waals surface area contributed by atoms with Crippen LogP contribution >= 0.6 is 0 Å². The number of hydrogen-bond donors (Lipinski definition) is 0. The van der Waals surface area contributed by atoms with Crippen molar-refractivity contribution in [2.45, 2.75) is 105 Å². The van der Waals surface area contributed by atoms with Crippen molar-refractivity contribution in [3.05, 3.63) is 168 Å². The summed E-state index contributed by atoms with van der Waals surface area (Å²) in [5, 5.41) is 4.88. The molecular formula is C54H60N2. The zero-order valence-corrected chi connectivity index (χ0v) is 34.6. The molecule has 0 radical (unpaired) electrons. The van der Waals surface area contributed by atoms with E-state index in [1.165, 1.54) is 118 Å². The maximum atomic E-state index is 2.49. The first-order valence-electron chi connectivity index (χ1n) is 21.2. The fourth-order valence-corrected chi connectivity index (χ4v) is 8.40. The minimum Gasteiger partial charge on any atom is -0.309 e. The lowest BCUT2D eigenvalue weighted by Gasteiger charge is -2.33. The molecule has 0 aromatic heterocycles. The summed E-state index contributed by atoms with van der Waals surface area (Å²) >= 11 is 0. The van der Waals surface area contributed by atoms with Gasteiger partial charge in [-0.15, -0.1) is 0 Å². The summed E-state index contributed by atoms with van der Waals surface area (Å²) in [6.07, 6.45) is 10.1. The topological polar surface area (TPSA) is 6.48 Å². The lowest BCUT2D eigenvalue weighted by Crippen LogP contribution is -2.15. The van der Waals surface area contributed by atoms with Gasteiger partial charge in [0.25, 0.3) is 0 Å². The molecule has 56 heavy (non-hydrogen) atoms. The number of unbranched alkanes of at least 4 members (excludes halogenated alkanes) is 4. The van der Waals surface area contributed by atoms with Crippen LogP contribution in [-0.4, -0.2) is 0 Å². The quantitative estimate of drug-likeness (QED) is 0.0554. The van der Waals surface area contributed by atoms with Crippen LogP contribution in [0.15, 0.2) is 146 Å². The monoisotopic (exact) mass is 736 g/mol. The lowest BCUT2D eigenvalue weighted by atomic mass is 9.93. The van der Waals surface area contributed by atoms with Gasteiger partial charge in [0.05, 0.1) is 11.4 Å². The molecule has 0 aliphatic carbocycles. The van der Waals surface area contributed by atoms with Crippen LogP contribution in [0.1, 0.15) is 113 Å². The van der Waals surface area contributed by atoms with Gasteiger partial charge in [-0.1, -0.05) is 174 Å². The van der Waals surface area contributed by atoms with Crippen LogP contribution in [0.4, 0.5) is 34.1 Å². The number of hydrogen-bond acceptors (Lipinski definition) is 2. The molecule has 0 fully saturated rings. The summed E-state index contributed by atoms with van der Waals surface area (Å²) in [6, 6.07) is 54.9. The van der Waals surface area contributed by atoms with Gasteiger partial charge in [0.1, 0.15) is 0 Å². The molecular weight excluding hydrogens is 677 g/mol. The van der Waals surface area contributed by atoms with E-state index in [0.29, 0.717) is 11.8 Å². The zero-order chi connectivity index (χ0) is 39.0. The lowest BCUT2D eigenvalue weighted by molar-refractivity contribution is 0.598. The Balaban J connectivity index is 1.43. The largest absolute Gasteiger partial charge is 0.309 e. The molecule has 0 saturated carbocycles. The molecule has 7 rings (SSSR count). The van der Waals surface area contributed by atoms with Crippen molar-refractivity contribution in [1.82, 2.24) is 0 Å². The highest BCUT2D eigenvalue weighted by Crippen LogP contribution is 2.51. The molecule has 0 amide bonds. The third-order valence-corrected chi connectivity index (χ3v) is 11.8. The molecule has 0 heterocycles. The summed E-state index contributed by atoms with van der Waals surface area (Å²) in [6.45, 7) is 13.7. The van der Waals surface area contributed by atoms with E-state index < -0.39 is 0 Å². The molecule has 7 aromatic carbocycles. The second-order valence-corrected chi connectivity index (χ2v) is 16.1. The SMILES string of the molecule is CCCCCC(C)c1ccc(N(c2ccc(C)cc2)c2c3ccccc3c(N(c3ccc(C)cc3)c3ccc(C(C)CCCCC)cc3)c3ccccc23)cc1. The predicted molar refractivity (Wildman–Crippen MR) is 245 cm³/mol. The Hall–Kier alpha value is -5.34. The van der Waals surface area contributed by atoms with Gasteiger partial charge in [0.15, 0.2) is 0 Å². The highest BCUT2D eigenvalue weighted by Gasteiger charge is 2.25. The van der Waals surface area contributed by atoms with Crippen molar-refractivity contribution in [1.29, 1.82) is 0 Å². The van der Waals surface area contributed by atoms with Crippen LogP contribution in [0.2, 0.25) is 0 Å². The van der Waals surface area contributed by atoms with Crippen LogP contribution in [0.5, 0.6) is 0 Å². The number of fused-ring (bicyclic) bond motifs is 2. The maximum Gasteiger partial charge on any atom is 0.0619 e. The average Bonchev–Trinajstić information content (AvgIpc) is 3.23. The molecule has 7 aromatic rings. The molecule has 0 saturated heterocycles. The minimum absolute atomic E-state index is 0.537. The zero-order valence-electron chi connectivity index (χ0n) is 34.6. The van der Waals surface area contributed by atoms with E-state index >= 15 is 0 Å². The molecule has 2 unspecified atom stereocenters. The van der Waals surface area contributed by atoms with Gasteiger partial charge in [-0.2, -0.15) is 0 Å². The van der Waals surface area contributed by atoms with E-state index in [9.17, 15) is 0 Å². The molecule has 0 spiro atoms. The summed E-state index contributed by atoms with van der Waals surface area (Å²) in [5.41, 5.74) is 12.4. The summed E-state index contributed by atoms with van der Waals surface area (Å²) < 4.78 is 0. The van der Waals surface area contributed by atoms with Crippen molar-refractivity contribution in [3.63, 3.8) is 0 Å². The predicted octanol–water partition coefficient (Wildman–Crippen LogP) is 16.9. The molecule has 2 nitrogen and oxygen atoms in total. The van der Waals surface area contributed by atoms with Gasteiger partial charge in [0.2, 0.25) is 0 Å². The number of anilines is 6. The van der Waals surface area contributed by atoms with Crippen molar-refractivity contribution in [2.24, 2.45) is 0 Å². The second kappa shape index (κ2) is 18.1. The van der Waals surface area contributed by atoms with Crippen molar-refractivity contribution < 1.29 is 0 Å². The minimum atomic E-state index is 0.537. The standard InChI is InChI=1S/C54H60N2/c1-7-9-11-17-41(5)43-27-35-47(36-28-43)55(45-31-23-39(3)24-32-45)53-49-19-13-15-21-51(49)54(52-22-16-14-20-50(52)53)56(46-33-25-40(4)26-34-46)48-37-29-44(30-38-48)42(6)18-12-10-8-2/h13-16,19-38,41-42H,7-12,17-18H2,1-6H3. The van der Waals surface area contributed by atoms with Crippen molar-refractivity contribution >= 4 is 55.7 Å². The van der Waals surface area contributed by atoms with Gasteiger partial charge >= 0.3 is 0 Å². The van der Waals surface area contributed by atoms with Gasteiger partial charge in [-0.25, -0.2) is 0 Å². The van der Waals surface area contributed by atoms with Crippen LogP contribution in [-0.2, 0) is 0 Å². The van der Waals surface area contributed by atoms with Gasteiger partial charge < -0.3 is 9.80 Å². The van der Waals surface area contributed by atoms with Gasteiger partial charge in [0, 0.05) is 44.3 Å². The third-order valence-electron chi connectivity index (χ3n) is 11.8. The fourth-order valence-electron chi connectivity index (χ4n) is 8.40. The van der Waals surface area contributed by atoms with Crippen molar-refractivity contribution in [3.8, 4) is 0 Å². The van der Waals surface area contributed by atoms with E-state index in [0.717, 1.165) is 11.4 Å². The van der Waals surface area contributed by atoms with E-state index in [1.807, 2.05) is 0 Å². The van der Waals surface area contributed by atoms with Gasteiger partial charge in [-0.3, -0.25) is 0 Å². The molecule has 2 atom stereocenters. The molecule has 0 aliphatic rings. The Morgan fingerprint density at radius 3 is 0.946 bits per heavy atom. The Morgan fingerprint density at radius 1 is 0.375 bits per heavy atom. The number of benzene rings is 7. The summed E-state index contributed by atoms with van der Waals surface area (Å²) in [5.74, 6) is 1.07. The smallest absolute Gasteiger partial charge is 0.0619 e. The Morgan fingerprint density at radius 2 is 0.661 bits per heavy atom. The first-order chi connectivity index (χ1) is 27.4. The maximum absolute atomic E-state index is 2.49. The van der Waals surface area contributed by atoms with E-state index in [-0.39, 0.29) is 0 Å². The van der Waals surface area contributed by atoms with E-state index in [2.05, 4.69) is 197 Å². The average molecular weight is 737 g/mol. The normalized spacial score (nSPS) is 12.5. The number of aryl methyl sites for hydroxylation is 2. The molecule has 0 N–H and O–H groups in total. The summed E-state index contributed by atoms with van der Waals surface area (Å²) in [7, 11) is 0. The van der Waals surface area contributed by atoms with Crippen LogP contribution in [0.25, 0.3) is 21.5 Å². The second-order valence-electron chi connectivity index (χ2n) is 16.1. The molecule has 286 valence electrons. The number of rotatable bonds is 16. The molecule has 0 bridgehead atoms. The first kappa shape index (κ1) is 38.9. The fraction of sp³-hybridized carbons (Fsp3) is 0.296. The van der Waals surface area contributed by atoms with E-state index in [1.54, 1.807) is 0 Å². The highest BCUT2D eigenvalue weighted by molar-refractivity contribution is 6.23. The summed E-state index contributed by atoms with van der Waals surface area (Å²) in [4.78, 5) is 4.98. The van der Waals surface area contributed by atoms with E-state index in [4.69, 9.17) is 0 Å². The van der Waals surface area contributed by atoms with Gasteiger partial charge in [-0.05, 0) is 98.2 Å². The van der Waals surface area contributed by atoms with Crippen molar-refractivity contribution in [2.75, 3.05) is 9.80 Å². The Labute approximate surface area is 336 Å². The third kappa shape index (κ3) is 8.41. The highest BCUT2D eigenvalue weighted by atomic mass is 15.2. The molecule has 2 heteroatoms. The number of nitrogens with zero attached hydrogens (tertiary/aromatic N) is 2. The van der Waals surface area contributed by atoms with Crippen LogP contribution < -0.4 is 9.80 Å². The Kier molecular flexibility index (Phi) is 12.6.